The molecule has 0 aliphatic carbocycles. The Balaban J connectivity index is 2.09. The number of hydrogen-bond donors (Lipinski definition) is 0. The van der Waals surface area contributed by atoms with Crippen LogP contribution in [-0.4, -0.2) is 39.1 Å². The van der Waals surface area contributed by atoms with Crippen LogP contribution in [0.25, 0.3) is 0 Å². The van der Waals surface area contributed by atoms with E-state index < -0.39 is 0 Å². The first-order chi connectivity index (χ1) is 8.89. The Labute approximate surface area is 131 Å². The molecule has 1 rings (SSSR count). The fourth-order valence-electron chi connectivity index (χ4n) is 1.83. The molecular formula is C14H28S4. The molecule has 18 heavy (non-hydrogen) atoms. The molecule has 0 nitrogen and oxygen atoms in total. The molecule has 4 heteroatoms. The van der Waals surface area contributed by atoms with Gasteiger partial charge in [0.15, 0.2) is 0 Å². The van der Waals surface area contributed by atoms with Crippen molar-refractivity contribution in [3.05, 3.63) is 0 Å². The highest BCUT2D eigenvalue weighted by Crippen LogP contribution is 2.25. The van der Waals surface area contributed by atoms with Gasteiger partial charge in [0.05, 0.1) is 0 Å². The van der Waals surface area contributed by atoms with Crippen molar-refractivity contribution in [3.8, 4) is 0 Å². The van der Waals surface area contributed by atoms with Gasteiger partial charge in [0.1, 0.15) is 0 Å². The van der Waals surface area contributed by atoms with Gasteiger partial charge in [-0.2, -0.15) is 23.5 Å². The first kappa shape index (κ1) is 17.5. The van der Waals surface area contributed by atoms with Crippen molar-refractivity contribution in [3.63, 3.8) is 0 Å². The molecule has 0 radical (unpaired) electrons. The molecule has 0 saturated carbocycles. The molecule has 0 atom stereocenters. The third-order valence-corrected chi connectivity index (χ3v) is 8.15. The van der Waals surface area contributed by atoms with Crippen molar-refractivity contribution in [2.24, 2.45) is 0 Å². The van der Waals surface area contributed by atoms with Crippen LogP contribution in [0.3, 0.4) is 0 Å². The summed E-state index contributed by atoms with van der Waals surface area (Å²) < 4.78 is 0.810. The van der Waals surface area contributed by atoms with Crippen molar-refractivity contribution in [2.45, 2.75) is 50.0 Å². The molecule has 0 aromatic carbocycles. The average molecular weight is 325 g/mol. The van der Waals surface area contributed by atoms with E-state index in [2.05, 4.69) is 54.0 Å². The zero-order chi connectivity index (χ0) is 12.9. The normalized spacial score (nSPS) is 24.5. The van der Waals surface area contributed by atoms with Crippen molar-refractivity contribution in [2.75, 3.05) is 34.5 Å². The Hall–Kier alpha value is 1.40. The maximum atomic E-state index is 2.38. The zero-order valence-corrected chi connectivity index (χ0v) is 15.0. The van der Waals surface area contributed by atoms with Crippen LogP contribution in [0.5, 0.6) is 0 Å². The summed E-state index contributed by atoms with van der Waals surface area (Å²) in [6.07, 6.45) is 8.57. The summed E-state index contributed by atoms with van der Waals surface area (Å²) in [6.45, 7) is 2.38. The topological polar surface area (TPSA) is 0 Å². The smallest absolute Gasteiger partial charge is 0.0474 e. The molecule has 0 aromatic rings. The van der Waals surface area contributed by atoms with Gasteiger partial charge >= 0.3 is 0 Å². The van der Waals surface area contributed by atoms with Crippen LogP contribution in [0.15, 0.2) is 0 Å². The monoisotopic (exact) mass is 324 g/mol. The molecular weight excluding hydrogens is 296 g/mol. The van der Waals surface area contributed by atoms with Crippen LogP contribution >= 0.6 is 47.0 Å². The van der Waals surface area contributed by atoms with Crippen LogP contribution in [0, 0.1) is 0 Å². The summed E-state index contributed by atoms with van der Waals surface area (Å²) in [4.78, 5) is 0. The lowest BCUT2D eigenvalue weighted by molar-refractivity contribution is 0.784. The summed E-state index contributed by atoms with van der Waals surface area (Å²) in [5.41, 5.74) is 0. The molecule has 0 spiro atoms. The third-order valence-electron chi connectivity index (χ3n) is 2.94. The van der Waals surface area contributed by atoms with Gasteiger partial charge in [0.25, 0.3) is 0 Å². The van der Waals surface area contributed by atoms with Gasteiger partial charge in [-0.15, -0.1) is 23.5 Å². The van der Waals surface area contributed by atoms with E-state index in [0.717, 1.165) is 4.58 Å². The van der Waals surface area contributed by atoms with Gasteiger partial charge in [0, 0.05) is 16.1 Å². The number of rotatable bonds is 0. The fraction of sp³-hybridized carbons (Fsp3) is 1.00. The second kappa shape index (κ2) is 13.4. The molecule has 0 N–H and O–H groups in total. The molecule has 0 aromatic heterocycles. The van der Waals surface area contributed by atoms with Crippen molar-refractivity contribution in [1.82, 2.24) is 0 Å². The largest absolute Gasteiger partial charge is 0.161 e. The highest BCUT2D eigenvalue weighted by Gasteiger charge is 2.03. The summed E-state index contributed by atoms with van der Waals surface area (Å²) in [6, 6.07) is 0. The quantitative estimate of drug-likeness (QED) is 0.567. The Morgan fingerprint density at radius 2 is 1.00 bits per heavy atom. The van der Waals surface area contributed by atoms with E-state index >= 15 is 0 Å². The van der Waals surface area contributed by atoms with Crippen molar-refractivity contribution in [1.29, 1.82) is 0 Å². The summed E-state index contributed by atoms with van der Waals surface area (Å²) in [7, 11) is 0. The van der Waals surface area contributed by atoms with Gasteiger partial charge in [-0.05, 0) is 55.6 Å². The van der Waals surface area contributed by atoms with Gasteiger partial charge in [-0.3, -0.25) is 0 Å². The lowest BCUT2D eigenvalue weighted by Crippen LogP contribution is -1.94. The molecule has 0 amide bonds. The average Bonchev–Trinajstić information content (AvgIpc) is 2.37. The molecule has 1 aliphatic rings. The summed E-state index contributed by atoms with van der Waals surface area (Å²) >= 11 is 8.66. The van der Waals surface area contributed by atoms with Gasteiger partial charge in [-0.1, -0.05) is 12.8 Å². The molecule has 0 bridgehead atoms. The van der Waals surface area contributed by atoms with Crippen LogP contribution in [0.4, 0.5) is 0 Å². The summed E-state index contributed by atoms with van der Waals surface area (Å²) in [5.74, 6) is 8.24. The lowest BCUT2D eigenvalue weighted by atomic mass is 10.3. The second-order valence-corrected chi connectivity index (χ2v) is 10.3. The zero-order valence-electron chi connectivity index (χ0n) is 11.7. The second-order valence-electron chi connectivity index (χ2n) is 4.66. The van der Waals surface area contributed by atoms with E-state index in [0.29, 0.717) is 0 Å². The Morgan fingerprint density at radius 1 is 0.556 bits per heavy atom. The van der Waals surface area contributed by atoms with Gasteiger partial charge in [-0.25, -0.2) is 0 Å². The van der Waals surface area contributed by atoms with Crippen LogP contribution < -0.4 is 0 Å². The summed E-state index contributed by atoms with van der Waals surface area (Å²) in [5, 5.41) is 0. The van der Waals surface area contributed by atoms with E-state index in [4.69, 9.17) is 0 Å². The van der Waals surface area contributed by atoms with Gasteiger partial charge in [0.2, 0.25) is 0 Å². The number of hydrogen-bond acceptors (Lipinski definition) is 4. The standard InChI is InChI=1S/C14H28S4/c1-14-17-10-6-2-4-8-15-12-13-16-9-5-3-7-11-18-14/h14H,2-13H2,1H3. The molecule has 1 saturated heterocycles. The Kier molecular flexibility index (Phi) is 13.0. The first-order valence-electron chi connectivity index (χ1n) is 7.28. The highest BCUT2D eigenvalue weighted by molar-refractivity contribution is 8.16. The van der Waals surface area contributed by atoms with E-state index in [9.17, 15) is 0 Å². The molecule has 0 unspecified atom stereocenters. The van der Waals surface area contributed by atoms with Gasteiger partial charge < -0.3 is 0 Å². The molecule has 108 valence electrons. The first-order valence-corrected chi connectivity index (χ1v) is 11.7. The van der Waals surface area contributed by atoms with E-state index in [-0.39, 0.29) is 0 Å². The molecule has 1 fully saturated rings. The van der Waals surface area contributed by atoms with E-state index in [1.54, 1.807) is 0 Å². The minimum Gasteiger partial charge on any atom is -0.161 e. The van der Waals surface area contributed by atoms with Crippen LogP contribution in [-0.2, 0) is 0 Å². The van der Waals surface area contributed by atoms with E-state index in [1.807, 2.05) is 0 Å². The number of thioether (sulfide) groups is 4. The third kappa shape index (κ3) is 11.2. The maximum absolute atomic E-state index is 2.38. The van der Waals surface area contributed by atoms with Crippen LogP contribution in [0.1, 0.15) is 45.4 Å². The molecule has 1 aliphatic heterocycles. The minimum absolute atomic E-state index is 0.810. The van der Waals surface area contributed by atoms with Crippen LogP contribution in [0.2, 0.25) is 0 Å². The van der Waals surface area contributed by atoms with E-state index in [1.165, 1.54) is 73.0 Å². The Bertz CT molecular complexity index is 157. The lowest BCUT2D eigenvalue weighted by Gasteiger charge is -2.10. The highest BCUT2D eigenvalue weighted by atomic mass is 32.2. The predicted octanol–water partition coefficient (Wildman–Crippen LogP) is 5.62. The minimum atomic E-state index is 0.810. The fourth-order valence-corrected chi connectivity index (χ4v) is 6.37. The maximum Gasteiger partial charge on any atom is 0.0474 e. The van der Waals surface area contributed by atoms with Crippen molar-refractivity contribution >= 4 is 47.0 Å². The molecule has 1 heterocycles. The Morgan fingerprint density at radius 3 is 1.50 bits per heavy atom. The van der Waals surface area contributed by atoms with Crippen molar-refractivity contribution < 1.29 is 0 Å². The predicted molar refractivity (Wildman–Crippen MR) is 96.7 cm³/mol. The SMILES string of the molecule is CC1SCCCCCSCCSCCCCCS1.